The third-order valence-electron chi connectivity index (χ3n) is 4.72. The number of likely N-dealkylation sites (tertiary alicyclic amines) is 1. The van der Waals surface area contributed by atoms with E-state index in [1.54, 1.807) is 47.8 Å². The highest BCUT2D eigenvalue weighted by atomic mass is 35.5. The van der Waals surface area contributed by atoms with Crippen molar-refractivity contribution in [2.24, 2.45) is 0 Å². The minimum absolute atomic E-state index is 0.0599. The van der Waals surface area contributed by atoms with Gasteiger partial charge in [0.25, 0.3) is 0 Å². The molecular weight excluding hydrogens is 384 g/mol. The summed E-state index contributed by atoms with van der Waals surface area (Å²) in [6.07, 6.45) is 4.95. The number of halogens is 1. The minimum Gasteiger partial charge on any atom is -0.486 e. The average Bonchev–Trinajstić information content (AvgIpc) is 3.09. The number of nitrogens with zero attached hydrogens (tertiary/aromatic N) is 4. The zero-order valence-corrected chi connectivity index (χ0v) is 16.4. The van der Waals surface area contributed by atoms with Gasteiger partial charge < -0.3 is 19.5 Å². The molecule has 3 heterocycles. The lowest BCUT2D eigenvalue weighted by atomic mass is 10.1. The van der Waals surface area contributed by atoms with Gasteiger partial charge in [-0.1, -0.05) is 16.8 Å². The Morgan fingerprint density at radius 2 is 2.07 bits per heavy atom. The third kappa shape index (κ3) is 3.70. The van der Waals surface area contributed by atoms with Crippen LogP contribution in [0.1, 0.15) is 31.1 Å². The maximum atomic E-state index is 12.4. The van der Waals surface area contributed by atoms with E-state index in [1.165, 1.54) is 6.08 Å². The number of fused-ring (bicyclic) bond motifs is 1. The molecule has 0 aliphatic carbocycles. The number of hydrogen-bond acceptors (Lipinski definition) is 6. The van der Waals surface area contributed by atoms with Crippen LogP contribution in [0, 0.1) is 0 Å². The summed E-state index contributed by atoms with van der Waals surface area (Å²) in [7, 11) is 0. The number of carbonyl (C=O) groups is 1. The molecule has 0 saturated carbocycles. The second-order valence-corrected chi connectivity index (χ2v) is 7.81. The van der Waals surface area contributed by atoms with Crippen LogP contribution >= 0.6 is 11.6 Å². The summed E-state index contributed by atoms with van der Waals surface area (Å²) in [6, 6.07) is 3.60. The zero-order chi connectivity index (χ0) is 19.9. The highest BCUT2D eigenvalue weighted by Crippen LogP contribution is 2.38. The number of benzene rings is 1. The number of aromatic nitrogens is 3. The van der Waals surface area contributed by atoms with Gasteiger partial charge in [0.05, 0.1) is 17.3 Å². The second-order valence-electron chi connectivity index (χ2n) is 7.40. The lowest BCUT2D eigenvalue weighted by Gasteiger charge is -2.38. The summed E-state index contributed by atoms with van der Waals surface area (Å²) < 4.78 is 12.7. The largest absolute Gasteiger partial charge is 0.486 e. The van der Waals surface area contributed by atoms with E-state index in [9.17, 15) is 9.90 Å². The summed E-state index contributed by atoms with van der Waals surface area (Å²) in [5, 5.41) is 18.5. The molecule has 8 nitrogen and oxygen atoms in total. The van der Waals surface area contributed by atoms with Crippen LogP contribution in [0.25, 0.3) is 6.08 Å². The maximum Gasteiger partial charge on any atom is 0.246 e. The van der Waals surface area contributed by atoms with E-state index in [1.807, 2.05) is 0 Å². The molecule has 0 bridgehead atoms. The first-order valence-electron chi connectivity index (χ1n) is 9.02. The van der Waals surface area contributed by atoms with Crippen LogP contribution in [0.5, 0.6) is 11.5 Å². The van der Waals surface area contributed by atoms with Gasteiger partial charge in [-0.2, -0.15) is 0 Å². The third-order valence-corrected chi connectivity index (χ3v) is 5.00. The monoisotopic (exact) mass is 404 g/mol. The Balaban J connectivity index is 1.37. The molecule has 2 aliphatic rings. The topological polar surface area (TPSA) is 89.7 Å². The molecule has 1 saturated heterocycles. The molecule has 1 N–H and O–H groups in total. The van der Waals surface area contributed by atoms with Crippen molar-refractivity contribution in [3.63, 3.8) is 0 Å². The van der Waals surface area contributed by atoms with Crippen LogP contribution in [-0.2, 0) is 10.4 Å². The highest BCUT2D eigenvalue weighted by Gasteiger charge is 2.32. The van der Waals surface area contributed by atoms with Gasteiger partial charge in [0.1, 0.15) is 24.5 Å². The van der Waals surface area contributed by atoms with E-state index >= 15 is 0 Å². The van der Waals surface area contributed by atoms with E-state index in [-0.39, 0.29) is 11.9 Å². The van der Waals surface area contributed by atoms with Gasteiger partial charge in [-0.15, -0.1) is 5.10 Å². The molecular formula is C19H21ClN4O4. The van der Waals surface area contributed by atoms with E-state index < -0.39 is 5.60 Å². The molecule has 1 amide bonds. The molecule has 9 heteroatoms. The van der Waals surface area contributed by atoms with Crippen molar-refractivity contribution in [3.8, 4) is 11.5 Å². The number of rotatable bonds is 4. The fraction of sp³-hybridized carbons (Fsp3) is 0.421. The SMILES string of the molecule is CC(C)(O)c1cn(C2CN(C(=O)/C=C/c3cc(Cl)c4c(c3)OCCO4)C2)nn1. The van der Waals surface area contributed by atoms with Crippen molar-refractivity contribution < 1.29 is 19.4 Å². The minimum atomic E-state index is -1.04. The molecule has 28 heavy (non-hydrogen) atoms. The van der Waals surface area contributed by atoms with Crippen molar-refractivity contribution in [1.29, 1.82) is 0 Å². The van der Waals surface area contributed by atoms with Crippen LogP contribution < -0.4 is 9.47 Å². The molecule has 1 aromatic heterocycles. The van der Waals surface area contributed by atoms with Crippen molar-refractivity contribution in [2.45, 2.75) is 25.5 Å². The molecule has 2 aromatic rings. The summed E-state index contributed by atoms with van der Waals surface area (Å²) in [4.78, 5) is 14.1. The van der Waals surface area contributed by atoms with Crippen molar-refractivity contribution in [3.05, 3.63) is 40.7 Å². The fourth-order valence-electron chi connectivity index (χ4n) is 3.04. The van der Waals surface area contributed by atoms with Gasteiger partial charge in [0, 0.05) is 19.2 Å². The first kappa shape index (κ1) is 18.8. The first-order chi connectivity index (χ1) is 13.3. The van der Waals surface area contributed by atoms with Crippen LogP contribution in [0.4, 0.5) is 0 Å². The Bertz CT molecular complexity index is 929. The molecule has 0 radical (unpaired) electrons. The Labute approximate surface area is 167 Å². The first-order valence-corrected chi connectivity index (χ1v) is 9.40. The number of amides is 1. The Morgan fingerprint density at radius 1 is 1.32 bits per heavy atom. The van der Waals surface area contributed by atoms with Gasteiger partial charge in [0.2, 0.25) is 5.91 Å². The van der Waals surface area contributed by atoms with Crippen molar-refractivity contribution in [2.75, 3.05) is 26.3 Å². The summed E-state index contributed by atoms with van der Waals surface area (Å²) >= 11 is 6.22. The number of ether oxygens (including phenoxy) is 2. The maximum absolute atomic E-state index is 12.4. The van der Waals surface area contributed by atoms with Crippen molar-refractivity contribution >= 4 is 23.6 Å². The lowest BCUT2D eigenvalue weighted by Crippen LogP contribution is -2.50. The van der Waals surface area contributed by atoms with Gasteiger partial charge >= 0.3 is 0 Å². The number of carbonyl (C=O) groups excluding carboxylic acids is 1. The Morgan fingerprint density at radius 3 is 2.79 bits per heavy atom. The normalized spacial score (nSPS) is 17.1. The van der Waals surface area contributed by atoms with Crippen LogP contribution in [0.3, 0.4) is 0 Å². The van der Waals surface area contributed by atoms with Gasteiger partial charge in [-0.3, -0.25) is 4.79 Å². The predicted molar refractivity (Wildman–Crippen MR) is 102 cm³/mol. The molecule has 0 atom stereocenters. The summed E-state index contributed by atoms with van der Waals surface area (Å²) in [5.41, 5.74) is 0.240. The quantitative estimate of drug-likeness (QED) is 0.784. The Kier molecular flexibility index (Phi) is 4.76. The van der Waals surface area contributed by atoms with E-state index in [2.05, 4.69) is 10.3 Å². The van der Waals surface area contributed by atoms with Crippen molar-refractivity contribution in [1.82, 2.24) is 19.9 Å². The standard InChI is InChI=1S/C19H21ClN4O4/c1-19(2,26)16-11-24(22-21-16)13-9-23(10-13)17(25)4-3-12-7-14(20)18-15(8-12)27-5-6-28-18/h3-4,7-8,11,13,26H,5-6,9-10H2,1-2H3/b4-3+. The zero-order valence-electron chi connectivity index (χ0n) is 15.6. The smallest absolute Gasteiger partial charge is 0.246 e. The van der Waals surface area contributed by atoms with Crippen LogP contribution in [0.15, 0.2) is 24.4 Å². The summed E-state index contributed by atoms with van der Waals surface area (Å²) in [5.74, 6) is 1.04. The van der Waals surface area contributed by atoms with Crippen LogP contribution in [-0.4, -0.2) is 57.2 Å². The molecule has 1 fully saturated rings. The Hall–Kier alpha value is -2.58. The van der Waals surface area contributed by atoms with Crippen LogP contribution in [0.2, 0.25) is 5.02 Å². The molecule has 2 aliphatic heterocycles. The molecule has 0 spiro atoms. The van der Waals surface area contributed by atoms with E-state index in [4.69, 9.17) is 21.1 Å². The lowest BCUT2D eigenvalue weighted by molar-refractivity contribution is -0.131. The van der Waals surface area contributed by atoms with Gasteiger partial charge in [-0.25, -0.2) is 4.68 Å². The highest BCUT2D eigenvalue weighted by molar-refractivity contribution is 6.32. The predicted octanol–water partition coefficient (Wildman–Crippen LogP) is 2.03. The average molecular weight is 405 g/mol. The molecule has 148 valence electrons. The molecule has 1 aromatic carbocycles. The molecule has 0 unspecified atom stereocenters. The molecule has 4 rings (SSSR count). The van der Waals surface area contributed by atoms with Gasteiger partial charge in [-0.05, 0) is 37.6 Å². The van der Waals surface area contributed by atoms with E-state index in [0.717, 1.165) is 5.56 Å². The fourth-order valence-corrected chi connectivity index (χ4v) is 3.31. The summed E-state index contributed by atoms with van der Waals surface area (Å²) in [6.45, 7) is 5.35. The number of aliphatic hydroxyl groups is 1. The number of hydrogen-bond donors (Lipinski definition) is 1. The second kappa shape index (κ2) is 7.10. The van der Waals surface area contributed by atoms with Gasteiger partial charge in [0.15, 0.2) is 11.5 Å². The van der Waals surface area contributed by atoms with E-state index in [0.29, 0.717) is 48.5 Å².